The van der Waals surface area contributed by atoms with Crippen LogP contribution in [0.15, 0.2) is 142 Å². The number of hydrogen-bond donors (Lipinski definition) is 0. The maximum Gasteiger partial charge on any atom is 0.227 e. The van der Waals surface area contributed by atoms with E-state index in [-0.39, 0.29) is 12.3 Å². The molecule has 0 spiro atoms. The fraction of sp³-hybridized carbons (Fsp3) is 0.262. The lowest BCUT2D eigenvalue weighted by Gasteiger charge is -2.32. The number of rotatable bonds is 5. The largest absolute Gasteiger partial charge is 0.435 e. The second-order valence-electron chi connectivity index (χ2n) is 20.3. The molecule has 0 aliphatic carbocycles. The van der Waals surface area contributed by atoms with Gasteiger partial charge in [0, 0.05) is 111 Å². The minimum absolute atomic E-state index is 0.143. The highest BCUT2D eigenvalue weighted by Gasteiger charge is 2.42. The van der Waals surface area contributed by atoms with Gasteiger partial charge in [-0.25, -0.2) is 44.9 Å². The van der Waals surface area contributed by atoms with E-state index in [0.717, 1.165) is 88.9 Å². The van der Waals surface area contributed by atoms with Crippen LogP contribution in [-0.4, -0.2) is 82.4 Å². The van der Waals surface area contributed by atoms with E-state index in [1.165, 1.54) is 11.1 Å². The molecule has 0 N–H and O–H groups in total. The van der Waals surface area contributed by atoms with Crippen LogP contribution in [-0.2, 0) is 0 Å². The standard InChI is InChI=1S/2C21H21N5O.C19H17N5O/c2*1-12(2)25-14(4)26(20-19(25)22-10-11-23-20)17-13(3)7-8-15-16-6-5-9-24-21(16)27-18(15)17;1-11-6-7-13-14-5-4-8-22-19(14)25-16(13)15(11)24-12(2)23(3)17-18(24)21-10-9-20-17/h2*5-12,14H,1-4H3;4-10,12H,1-3H3/i2*12D;3D3. The molecule has 9 aromatic heterocycles. The van der Waals surface area contributed by atoms with E-state index in [0.29, 0.717) is 46.0 Å². The highest BCUT2D eigenvalue weighted by Crippen LogP contribution is 2.50. The molecule has 12 heterocycles. The zero-order chi connectivity index (χ0) is 58.9. The van der Waals surface area contributed by atoms with Gasteiger partial charge in [0.2, 0.25) is 17.1 Å². The van der Waals surface area contributed by atoms with Gasteiger partial charge in [-0.2, -0.15) is 0 Å². The summed E-state index contributed by atoms with van der Waals surface area (Å²) in [4.78, 5) is 51.6. The van der Waals surface area contributed by atoms with Gasteiger partial charge in [0.05, 0.1) is 19.8 Å². The molecule has 0 fully saturated rings. The van der Waals surface area contributed by atoms with E-state index in [1.54, 1.807) is 49.6 Å². The lowest BCUT2D eigenvalue weighted by atomic mass is 10.1. The highest BCUT2D eigenvalue weighted by atomic mass is 16.3. The van der Waals surface area contributed by atoms with E-state index >= 15 is 0 Å². The molecule has 0 radical (unpaired) electrons. The summed E-state index contributed by atoms with van der Waals surface area (Å²) in [6.45, 7) is 17.2. The molecule has 0 bridgehead atoms. The first-order valence-electron chi connectivity index (χ1n) is 28.6. The Balaban J connectivity index is 0.000000118. The molecule has 79 heavy (non-hydrogen) atoms. The number of furan rings is 3. The number of aryl methyl sites for hydroxylation is 3. The van der Waals surface area contributed by atoms with Crippen LogP contribution in [0.1, 0.15) is 72.0 Å². The van der Waals surface area contributed by atoms with Crippen LogP contribution in [0.25, 0.3) is 66.2 Å². The fourth-order valence-electron chi connectivity index (χ4n) is 11.6. The van der Waals surface area contributed by atoms with Gasteiger partial charge in [-0.05, 0) is 122 Å². The van der Waals surface area contributed by atoms with Crippen molar-refractivity contribution in [1.29, 1.82) is 0 Å². The lowest BCUT2D eigenvalue weighted by molar-refractivity contribution is 0.597. The van der Waals surface area contributed by atoms with Gasteiger partial charge in [0.25, 0.3) is 0 Å². The minimum atomic E-state index is -2.35. The van der Waals surface area contributed by atoms with Gasteiger partial charge in [0.1, 0.15) is 18.5 Å². The molecule has 3 aromatic carbocycles. The topological polar surface area (TPSA) is 175 Å². The van der Waals surface area contributed by atoms with Crippen LogP contribution in [0.5, 0.6) is 0 Å². The molecule has 3 atom stereocenters. The Hall–Kier alpha value is -9.45. The van der Waals surface area contributed by atoms with Crippen LogP contribution < -0.4 is 29.4 Å². The Morgan fingerprint density at radius 3 is 1.05 bits per heavy atom. The van der Waals surface area contributed by atoms with Crippen molar-refractivity contribution in [1.82, 2.24) is 44.9 Å². The van der Waals surface area contributed by atoms with E-state index in [9.17, 15) is 0 Å². The molecule has 12 aromatic rings. The number of anilines is 9. The third-order valence-electron chi connectivity index (χ3n) is 15.1. The van der Waals surface area contributed by atoms with Crippen LogP contribution in [0.2, 0.25) is 0 Å². The Labute approximate surface area is 463 Å². The molecular formula is C61H59N15O3. The number of pyridine rings is 3. The molecule has 18 heteroatoms. The quantitative estimate of drug-likeness (QED) is 0.159. The molecule has 3 unspecified atom stereocenters. The van der Waals surface area contributed by atoms with Gasteiger partial charge in [-0.15, -0.1) is 0 Å². The molecular weight excluding hydrogens is 991 g/mol. The number of fused-ring (bicyclic) bond motifs is 12. The van der Waals surface area contributed by atoms with Gasteiger partial charge in [0.15, 0.2) is 51.7 Å². The molecule has 3 aliphatic heterocycles. The first-order valence-corrected chi connectivity index (χ1v) is 26.1. The summed E-state index contributed by atoms with van der Waals surface area (Å²) in [5.74, 6) is 3.72. The van der Waals surface area contributed by atoms with Crippen molar-refractivity contribution in [2.75, 3.05) is 36.4 Å². The predicted molar refractivity (Wildman–Crippen MR) is 313 cm³/mol. The monoisotopic (exact) mass is 1050 g/mol. The van der Waals surface area contributed by atoms with E-state index in [1.807, 2.05) is 105 Å². The first-order chi connectivity index (χ1) is 40.1. The average Bonchev–Trinajstić information content (AvgIpc) is 1.91. The van der Waals surface area contributed by atoms with E-state index in [4.69, 9.17) is 20.1 Å². The molecule has 396 valence electrons. The summed E-state index contributed by atoms with van der Waals surface area (Å²) in [6, 6.07) is 22.3. The average molecular weight is 1060 g/mol. The Bertz CT molecular complexity index is 4100. The maximum absolute atomic E-state index is 8.65. The second-order valence-corrected chi connectivity index (χ2v) is 20.3. The van der Waals surface area contributed by atoms with Gasteiger partial charge >= 0.3 is 0 Å². The summed E-state index contributed by atoms with van der Waals surface area (Å²) in [6.07, 6.45) is 14.2. The summed E-state index contributed by atoms with van der Waals surface area (Å²) in [7, 11) is 0. The molecule has 15 rings (SSSR count). The molecule has 3 aliphatic rings. The van der Waals surface area contributed by atoms with Crippen molar-refractivity contribution in [3.05, 3.63) is 145 Å². The molecule has 18 nitrogen and oxygen atoms in total. The van der Waals surface area contributed by atoms with Crippen molar-refractivity contribution in [2.45, 2.75) is 99.8 Å². The lowest BCUT2D eigenvalue weighted by Crippen LogP contribution is -2.42. The normalized spacial score (nSPS) is 18.1. The SMILES string of the molecule is [2H]C(C)(C)N1c2nccnc2N(c2c(C)ccc3c2oc2ncccc23)C1C.[2H]C(C)(C)N1c2nccnc2N(c2c(C)ccc3c2oc2ncccc23)C1C.[2H]C([2H])([2H])N1c2nccnc2N(c2c(C)ccc3c2oc2ncccc23)C1C. The third kappa shape index (κ3) is 7.62. The Morgan fingerprint density at radius 2 is 0.709 bits per heavy atom. The number of aromatic nitrogens is 9. The minimum Gasteiger partial charge on any atom is -0.435 e. The van der Waals surface area contributed by atoms with Crippen molar-refractivity contribution in [3.63, 3.8) is 0 Å². The number of hydrogen-bond acceptors (Lipinski definition) is 18. The molecule has 0 amide bonds. The Kier molecular flexibility index (Phi) is 10.5. The number of benzene rings is 3. The van der Waals surface area contributed by atoms with Crippen LogP contribution in [0.3, 0.4) is 0 Å². The second kappa shape index (κ2) is 18.9. The highest BCUT2D eigenvalue weighted by molar-refractivity contribution is 6.12. The van der Waals surface area contributed by atoms with Crippen LogP contribution >= 0.6 is 0 Å². The van der Waals surface area contributed by atoms with Gasteiger partial charge in [-0.1, -0.05) is 36.4 Å². The summed E-state index contributed by atoms with van der Waals surface area (Å²) >= 11 is 0. The zero-order valence-electron chi connectivity index (χ0n) is 50.3. The van der Waals surface area contributed by atoms with Crippen molar-refractivity contribution in [3.8, 4) is 0 Å². The van der Waals surface area contributed by atoms with Crippen molar-refractivity contribution in [2.24, 2.45) is 0 Å². The first kappa shape index (κ1) is 43.6. The van der Waals surface area contributed by atoms with Gasteiger partial charge in [-0.3, -0.25) is 14.7 Å². The fourth-order valence-corrected chi connectivity index (χ4v) is 11.6. The van der Waals surface area contributed by atoms with E-state index < -0.39 is 25.2 Å². The smallest absolute Gasteiger partial charge is 0.227 e. The predicted octanol–water partition coefficient (Wildman–Crippen LogP) is 13.6. The van der Waals surface area contributed by atoms with E-state index in [2.05, 4.69) is 107 Å². The third-order valence-corrected chi connectivity index (χ3v) is 15.1. The zero-order valence-corrected chi connectivity index (χ0v) is 45.3. The van der Waals surface area contributed by atoms with Crippen LogP contribution in [0, 0.1) is 20.8 Å². The number of nitrogens with zero attached hydrogens (tertiary/aromatic N) is 15. The van der Waals surface area contributed by atoms with Gasteiger partial charge < -0.3 is 28.0 Å². The molecule has 0 saturated carbocycles. The maximum atomic E-state index is 8.65. The summed E-state index contributed by atoms with van der Waals surface area (Å²) < 4.78 is 59.7. The molecule has 0 saturated heterocycles. The van der Waals surface area contributed by atoms with Crippen molar-refractivity contribution < 1.29 is 20.1 Å². The van der Waals surface area contributed by atoms with Crippen molar-refractivity contribution >= 4 is 118 Å². The Morgan fingerprint density at radius 1 is 0.392 bits per heavy atom. The van der Waals surface area contributed by atoms with Crippen LogP contribution in [0.4, 0.5) is 52.0 Å². The summed E-state index contributed by atoms with van der Waals surface area (Å²) in [5, 5.41) is 5.85. The summed E-state index contributed by atoms with van der Waals surface area (Å²) in [5.41, 5.74) is 9.74.